The summed E-state index contributed by atoms with van der Waals surface area (Å²) in [5, 5.41) is 0. The van der Waals surface area contributed by atoms with Crippen LogP contribution in [0.4, 0.5) is 13.2 Å². The van der Waals surface area contributed by atoms with Crippen LogP contribution in [0.2, 0.25) is 0 Å². The van der Waals surface area contributed by atoms with Gasteiger partial charge in [0.25, 0.3) is 11.8 Å². The van der Waals surface area contributed by atoms with E-state index in [0.717, 1.165) is 12.1 Å². The Morgan fingerprint density at radius 1 is 0.962 bits per heavy atom. The van der Waals surface area contributed by atoms with Crippen LogP contribution in [0.15, 0.2) is 40.8 Å². The molecule has 1 aromatic heterocycles. The average Bonchev–Trinajstić information content (AvgIpc) is 3.06. The maximum absolute atomic E-state index is 12.8. The second kappa shape index (κ2) is 6.86. The number of piperazine rings is 1. The second-order valence-corrected chi connectivity index (χ2v) is 6.07. The normalized spacial score (nSPS) is 15.2. The molecule has 2 aromatic rings. The Labute approximate surface area is 148 Å². The number of halogens is 3. The Bertz CT molecular complexity index is 821. The predicted octanol–water partition coefficient (Wildman–Crippen LogP) is 3.21. The van der Waals surface area contributed by atoms with Gasteiger partial charge < -0.3 is 14.2 Å². The molecule has 1 aliphatic rings. The van der Waals surface area contributed by atoms with Gasteiger partial charge in [0.15, 0.2) is 5.76 Å². The van der Waals surface area contributed by atoms with Gasteiger partial charge in [0.05, 0.1) is 5.56 Å². The van der Waals surface area contributed by atoms with E-state index in [1.54, 1.807) is 24.0 Å². The molecular weight excluding hydrogens is 349 g/mol. The lowest BCUT2D eigenvalue weighted by Gasteiger charge is -2.34. The molecule has 26 heavy (non-hydrogen) atoms. The lowest BCUT2D eigenvalue weighted by molar-refractivity contribution is -0.137. The third kappa shape index (κ3) is 3.74. The fraction of sp³-hybridized carbons (Fsp3) is 0.333. The lowest BCUT2D eigenvalue weighted by Crippen LogP contribution is -2.50. The Balaban J connectivity index is 1.64. The van der Waals surface area contributed by atoms with E-state index in [9.17, 15) is 22.8 Å². The molecule has 2 heterocycles. The minimum Gasteiger partial charge on any atom is -0.456 e. The summed E-state index contributed by atoms with van der Waals surface area (Å²) >= 11 is 0. The molecule has 1 saturated heterocycles. The summed E-state index contributed by atoms with van der Waals surface area (Å²) in [6, 6.07) is 7.65. The highest BCUT2D eigenvalue weighted by Crippen LogP contribution is 2.29. The van der Waals surface area contributed by atoms with E-state index in [-0.39, 0.29) is 30.3 Å². The van der Waals surface area contributed by atoms with E-state index in [4.69, 9.17) is 4.42 Å². The third-order valence-electron chi connectivity index (χ3n) is 4.24. The van der Waals surface area contributed by atoms with Crippen molar-refractivity contribution in [1.29, 1.82) is 0 Å². The number of nitrogens with zero attached hydrogens (tertiary/aromatic N) is 2. The van der Waals surface area contributed by atoms with Crippen molar-refractivity contribution in [1.82, 2.24) is 9.80 Å². The molecule has 0 aliphatic carbocycles. The van der Waals surface area contributed by atoms with Crippen molar-refractivity contribution < 1.29 is 27.2 Å². The molecule has 0 atom stereocenters. The van der Waals surface area contributed by atoms with E-state index >= 15 is 0 Å². The number of hydrogen-bond acceptors (Lipinski definition) is 3. The first kappa shape index (κ1) is 18.0. The highest BCUT2D eigenvalue weighted by atomic mass is 19.4. The number of benzene rings is 1. The van der Waals surface area contributed by atoms with Crippen LogP contribution in [0, 0.1) is 6.92 Å². The molecule has 138 valence electrons. The van der Waals surface area contributed by atoms with E-state index < -0.39 is 17.6 Å². The molecule has 5 nitrogen and oxygen atoms in total. The Morgan fingerprint density at radius 2 is 1.58 bits per heavy atom. The molecular formula is C18H17F3N2O3. The molecule has 0 unspecified atom stereocenters. The highest BCUT2D eigenvalue weighted by Gasteiger charge is 2.32. The first-order chi connectivity index (χ1) is 12.3. The fourth-order valence-corrected chi connectivity index (χ4v) is 2.83. The van der Waals surface area contributed by atoms with Gasteiger partial charge in [-0.2, -0.15) is 13.2 Å². The van der Waals surface area contributed by atoms with Gasteiger partial charge >= 0.3 is 6.18 Å². The molecule has 3 rings (SSSR count). The van der Waals surface area contributed by atoms with Crippen LogP contribution in [0.5, 0.6) is 0 Å². The summed E-state index contributed by atoms with van der Waals surface area (Å²) in [5.74, 6) is 0.133. The number of aryl methyl sites for hydroxylation is 1. The van der Waals surface area contributed by atoms with E-state index in [2.05, 4.69) is 0 Å². The third-order valence-corrected chi connectivity index (χ3v) is 4.24. The smallest absolute Gasteiger partial charge is 0.416 e. The summed E-state index contributed by atoms with van der Waals surface area (Å²) < 4.78 is 43.7. The molecule has 1 aromatic carbocycles. The molecule has 0 N–H and O–H groups in total. The Morgan fingerprint density at radius 3 is 2.12 bits per heavy atom. The van der Waals surface area contributed by atoms with Crippen molar-refractivity contribution in [3.8, 4) is 0 Å². The first-order valence-corrected chi connectivity index (χ1v) is 8.08. The number of amides is 2. The Hall–Kier alpha value is -2.77. The van der Waals surface area contributed by atoms with Crippen molar-refractivity contribution in [3.63, 3.8) is 0 Å². The van der Waals surface area contributed by atoms with Crippen LogP contribution < -0.4 is 0 Å². The molecule has 0 radical (unpaired) electrons. The van der Waals surface area contributed by atoms with Gasteiger partial charge in [-0.3, -0.25) is 9.59 Å². The van der Waals surface area contributed by atoms with Crippen molar-refractivity contribution in [2.45, 2.75) is 13.1 Å². The van der Waals surface area contributed by atoms with Crippen molar-refractivity contribution in [2.24, 2.45) is 0 Å². The van der Waals surface area contributed by atoms with Crippen molar-refractivity contribution >= 4 is 11.8 Å². The fourth-order valence-electron chi connectivity index (χ4n) is 2.83. The zero-order valence-electron chi connectivity index (χ0n) is 14.0. The van der Waals surface area contributed by atoms with Crippen molar-refractivity contribution in [3.05, 3.63) is 59.0 Å². The minimum atomic E-state index is -4.50. The number of carbonyl (C=O) groups excluding carboxylic acids is 2. The molecule has 0 spiro atoms. The standard InChI is InChI=1S/C18H17F3N2O3/c1-12-5-6-15(26-12)17(25)23-9-7-22(8-10-23)16(24)13-3-2-4-14(11-13)18(19,20)21/h2-6,11H,7-10H2,1H3. The Kier molecular flexibility index (Phi) is 4.76. The summed E-state index contributed by atoms with van der Waals surface area (Å²) in [6.45, 7) is 2.83. The van der Waals surface area contributed by atoms with E-state index in [0.29, 0.717) is 18.8 Å². The van der Waals surface area contributed by atoms with Crippen LogP contribution >= 0.6 is 0 Å². The van der Waals surface area contributed by atoms with Crippen LogP contribution in [-0.2, 0) is 6.18 Å². The molecule has 1 aliphatic heterocycles. The number of rotatable bonds is 2. The summed E-state index contributed by atoms with van der Waals surface area (Å²) in [7, 11) is 0. The average molecular weight is 366 g/mol. The molecule has 2 amide bonds. The van der Waals surface area contributed by atoms with Crippen LogP contribution in [0.25, 0.3) is 0 Å². The first-order valence-electron chi connectivity index (χ1n) is 8.08. The van der Waals surface area contributed by atoms with Gasteiger partial charge in [0, 0.05) is 31.7 Å². The quantitative estimate of drug-likeness (QED) is 0.820. The van der Waals surface area contributed by atoms with Gasteiger partial charge in [0.2, 0.25) is 0 Å². The monoisotopic (exact) mass is 366 g/mol. The minimum absolute atomic E-state index is 0.0127. The van der Waals surface area contributed by atoms with E-state index in [1.165, 1.54) is 17.0 Å². The second-order valence-electron chi connectivity index (χ2n) is 6.07. The largest absolute Gasteiger partial charge is 0.456 e. The summed E-state index contributed by atoms with van der Waals surface area (Å²) in [5.41, 5.74) is -0.869. The van der Waals surface area contributed by atoms with Gasteiger partial charge in [-0.05, 0) is 37.3 Å². The van der Waals surface area contributed by atoms with Crippen LogP contribution in [0.3, 0.4) is 0 Å². The van der Waals surface area contributed by atoms with Gasteiger partial charge in [0.1, 0.15) is 5.76 Å². The topological polar surface area (TPSA) is 53.8 Å². The maximum atomic E-state index is 12.8. The predicted molar refractivity (Wildman–Crippen MR) is 86.7 cm³/mol. The van der Waals surface area contributed by atoms with Gasteiger partial charge in [-0.25, -0.2) is 0 Å². The SMILES string of the molecule is Cc1ccc(C(=O)N2CCN(C(=O)c3cccc(C(F)(F)F)c3)CC2)o1. The zero-order valence-corrected chi connectivity index (χ0v) is 14.0. The number of carbonyl (C=O) groups is 2. The summed E-state index contributed by atoms with van der Waals surface area (Å²) in [6.07, 6.45) is -4.50. The van der Waals surface area contributed by atoms with Gasteiger partial charge in [-0.15, -0.1) is 0 Å². The lowest BCUT2D eigenvalue weighted by atomic mass is 10.1. The van der Waals surface area contributed by atoms with Gasteiger partial charge in [-0.1, -0.05) is 6.07 Å². The number of hydrogen-bond donors (Lipinski definition) is 0. The molecule has 1 fully saturated rings. The maximum Gasteiger partial charge on any atom is 0.416 e. The molecule has 0 saturated carbocycles. The summed E-state index contributed by atoms with van der Waals surface area (Å²) in [4.78, 5) is 27.8. The number of furan rings is 1. The van der Waals surface area contributed by atoms with Crippen LogP contribution in [0.1, 0.15) is 32.2 Å². The van der Waals surface area contributed by atoms with Crippen molar-refractivity contribution in [2.75, 3.05) is 26.2 Å². The molecule has 8 heteroatoms. The highest BCUT2D eigenvalue weighted by molar-refractivity contribution is 5.95. The number of alkyl halides is 3. The van der Waals surface area contributed by atoms with E-state index in [1.807, 2.05) is 0 Å². The zero-order chi connectivity index (χ0) is 18.9. The van der Waals surface area contributed by atoms with Crippen LogP contribution in [-0.4, -0.2) is 47.8 Å². The molecule has 0 bridgehead atoms.